The fourth-order valence-corrected chi connectivity index (χ4v) is 2.94. The average Bonchev–Trinajstić information content (AvgIpc) is 2.97. The van der Waals surface area contributed by atoms with Gasteiger partial charge in [-0.05, 0) is 49.6 Å². The number of hydrogen-bond donors (Lipinski definition) is 2. The third-order valence-corrected chi connectivity index (χ3v) is 4.48. The number of rotatable bonds is 4. The van der Waals surface area contributed by atoms with E-state index in [0.717, 1.165) is 23.4 Å². The molecule has 130 valence electrons. The fourth-order valence-electron chi connectivity index (χ4n) is 2.94. The van der Waals surface area contributed by atoms with Crippen molar-refractivity contribution in [3.63, 3.8) is 0 Å². The average molecular weight is 337 g/mol. The van der Waals surface area contributed by atoms with Crippen LogP contribution in [0.25, 0.3) is 0 Å². The Labute approximate surface area is 148 Å². The van der Waals surface area contributed by atoms with Crippen LogP contribution >= 0.6 is 0 Å². The van der Waals surface area contributed by atoms with Gasteiger partial charge in [-0.15, -0.1) is 0 Å². The van der Waals surface area contributed by atoms with Crippen LogP contribution < -0.4 is 15.5 Å². The van der Waals surface area contributed by atoms with E-state index >= 15 is 0 Å². The van der Waals surface area contributed by atoms with Crippen molar-refractivity contribution in [2.75, 3.05) is 16.8 Å². The summed E-state index contributed by atoms with van der Waals surface area (Å²) in [5, 5.41) is 5.56. The van der Waals surface area contributed by atoms with E-state index in [4.69, 9.17) is 0 Å². The summed E-state index contributed by atoms with van der Waals surface area (Å²) in [5.74, 6) is -0.0691. The molecule has 5 heteroatoms. The van der Waals surface area contributed by atoms with Crippen molar-refractivity contribution in [1.29, 1.82) is 0 Å². The summed E-state index contributed by atoms with van der Waals surface area (Å²) in [6.45, 7) is 4.70. The zero-order valence-electron chi connectivity index (χ0n) is 14.6. The molecule has 1 heterocycles. The van der Waals surface area contributed by atoms with Crippen LogP contribution in [0.5, 0.6) is 0 Å². The van der Waals surface area contributed by atoms with E-state index in [2.05, 4.69) is 17.6 Å². The predicted molar refractivity (Wildman–Crippen MR) is 99.9 cm³/mol. The summed E-state index contributed by atoms with van der Waals surface area (Å²) in [4.78, 5) is 26.4. The minimum Gasteiger partial charge on any atom is -0.326 e. The van der Waals surface area contributed by atoms with Crippen molar-refractivity contribution in [3.8, 4) is 0 Å². The summed E-state index contributed by atoms with van der Waals surface area (Å²) >= 11 is 0. The second kappa shape index (κ2) is 7.38. The lowest BCUT2D eigenvalue weighted by molar-refractivity contribution is -0.118. The molecule has 0 aromatic heterocycles. The topological polar surface area (TPSA) is 61.4 Å². The van der Waals surface area contributed by atoms with Gasteiger partial charge in [-0.3, -0.25) is 4.79 Å². The number of hydrogen-bond acceptors (Lipinski definition) is 2. The van der Waals surface area contributed by atoms with E-state index in [0.29, 0.717) is 13.0 Å². The Bertz CT molecular complexity index is 754. The van der Waals surface area contributed by atoms with Gasteiger partial charge in [0.2, 0.25) is 5.91 Å². The zero-order valence-corrected chi connectivity index (χ0v) is 14.6. The molecular weight excluding hydrogens is 314 g/mol. The molecule has 2 N–H and O–H groups in total. The van der Waals surface area contributed by atoms with E-state index in [1.54, 1.807) is 4.90 Å². The van der Waals surface area contributed by atoms with Crippen molar-refractivity contribution in [2.24, 2.45) is 0 Å². The van der Waals surface area contributed by atoms with Crippen molar-refractivity contribution in [3.05, 3.63) is 59.7 Å². The van der Waals surface area contributed by atoms with Gasteiger partial charge in [0.15, 0.2) is 0 Å². The van der Waals surface area contributed by atoms with Gasteiger partial charge in [0.1, 0.15) is 6.04 Å². The van der Waals surface area contributed by atoms with Crippen molar-refractivity contribution < 1.29 is 9.59 Å². The second-order valence-electron chi connectivity index (χ2n) is 6.32. The predicted octanol–water partition coefficient (Wildman–Crippen LogP) is 3.48. The third kappa shape index (κ3) is 3.99. The molecule has 1 aliphatic heterocycles. The lowest BCUT2D eigenvalue weighted by atomic mass is 10.1. The van der Waals surface area contributed by atoms with Crippen LogP contribution in [0.3, 0.4) is 0 Å². The summed E-state index contributed by atoms with van der Waals surface area (Å²) in [6.07, 6.45) is 1.56. The number of urea groups is 1. The Kier molecular flexibility index (Phi) is 5.03. The highest BCUT2D eigenvalue weighted by molar-refractivity contribution is 6.02. The quantitative estimate of drug-likeness (QED) is 0.897. The first kappa shape index (κ1) is 17.0. The van der Waals surface area contributed by atoms with Gasteiger partial charge >= 0.3 is 6.03 Å². The molecule has 0 unspecified atom stereocenters. The van der Waals surface area contributed by atoms with E-state index in [1.165, 1.54) is 5.56 Å². The van der Waals surface area contributed by atoms with Crippen LogP contribution in [0.2, 0.25) is 0 Å². The molecule has 1 fully saturated rings. The minimum atomic E-state index is -0.490. The summed E-state index contributed by atoms with van der Waals surface area (Å²) in [5.41, 5.74) is 3.95. The van der Waals surface area contributed by atoms with Gasteiger partial charge < -0.3 is 15.5 Å². The molecule has 3 amide bonds. The number of benzene rings is 2. The van der Waals surface area contributed by atoms with Crippen LogP contribution in [0.4, 0.5) is 16.2 Å². The molecule has 0 aliphatic carbocycles. The molecule has 1 aliphatic rings. The first-order chi connectivity index (χ1) is 12.1. The van der Waals surface area contributed by atoms with Gasteiger partial charge in [0.25, 0.3) is 0 Å². The summed E-state index contributed by atoms with van der Waals surface area (Å²) < 4.78 is 0. The van der Waals surface area contributed by atoms with Crippen LogP contribution in [0.15, 0.2) is 48.5 Å². The maximum Gasteiger partial charge on any atom is 0.319 e. The number of aryl methyl sites for hydroxylation is 2. The SMILES string of the molecule is CCc1ccc(NC(=O)N[C@@H]2CCN(c3ccc(C)cc3)C2=O)cc1. The summed E-state index contributed by atoms with van der Waals surface area (Å²) in [7, 11) is 0. The van der Waals surface area contributed by atoms with Crippen molar-refractivity contribution >= 4 is 23.3 Å². The number of nitrogens with one attached hydrogen (secondary N) is 2. The van der Waals surface area contributed by atoms with E-state index < -0.39 is 6.04 Å². The second-order valence-corrected chi connectivity index (χ2v) is 6.32. The van der Waals surface area contributed by atoms with E-state index in [9.17, 15) is 9.59 Å². The Morgan fingerprint density at radius 3 is 2.44 bits per heavy atom. The molecule has 1 atom stereocenters. The van der Waals surface area contributed by atoms with Crippen LogP contribution in [-0.4, -0.2) is 24.5 Å². The first-order valence-corrected chi connectivity index (χ1v) is 8.61. The monoisotopic (exact) mass is 337 g/mol. The van der Waals surface area contributed by atoms with E-state index in [-0.39, 0.29) is 11.9 Å². The highest BCUT2D eigenvalue weighted by Gasteiger charge is 2.33. The first-order valence-electron chi connectivity index (χ1n) is 8.61. The molecule has 3 rings (SSSR count). The number of anilines is 2. The standard InChI is InChI=1S/C20H23N3O2/c1-3-15-6-8-16(9-7-15)21-20(25)22-18-12-13-23(19(18)24)17-10-4-14(2)5-11-17/h4-11,18H,3,12-13H2,1-2H3,(H2,21,22,25)/t18-/m1/s1. The van der Waals surface area contributed by atoms with Crippen LogP contribution in [0.1, 0.15) is 24.5 Å². The Hall–Kier alpha value is -2.82. The van der Waals surface area contributed by atoms with Crippen molar-refractivity contribution in [2.45, 2.75) is 32.7 Å². The van der Waals surface area contributed by atoms with Gasteiger partial charge in [0.05, 0.1) is 0 Å². The highest BCUT2D eigenvalue weighted by Crippen LogP contribution is 2.22. The largest absolute Gasteiger partial charge is 0.326 e. The number of nitrogens with zero attached hydrogens (tertiary/aromatic N) is 1. The molecule has 0 bridgehead atoms. The Balaban J connectivity index is 1.58. The molecule has 0 saturated carbocycles. The van der Waals surface area contributed by atoms with E-state index in [1.807, 2.05) is 55.5 Å². The minimum absolute atomic E-state index is 0.0691. The maximum atomic E-state index is 12.5. The number of carbonyl (C=O) groups excluding carboxylic acids is 2. The number of carbonyl (C=O) groups is 2. The van der Waals surface area contributed by atoms with Crippen LogP contribution in [-0.2, 0) is 11.2 Å². The maximum absolute atomic E-state index is 12.5. The van der Waals surface area contributed by atoms with Gasteiger partial charge in [-0.2, -0.15) is 0 Å². The highest BCUT2D eigenvalue weighted by atomic mass is 16.2. The van der Waals surface area contributed by atoms with Crippen molar-refractivity contribution in [1.82, 2.24) is 5.32 Å². The molecule has 2 aromatic rings. The van der Waals surface area contributed by atoms with Gasteiger partial charge in [-0.1, -0.05) is 36.8 Å². The smallest absolute Gasteiger partial charge is 0.319 e. The molecule has 0 radical (unpaired) electrons. The zero-order chi connectivity index (χ0) is 17.8. The molecule has 5 nitrogen and oxygen atoms in total. The lowest BCUT2D eigenvalue weighted by Crippen LogP contribution is -2.43. The number of amides is 3. The normalized spacial score (nSPS) is 16.8. The molecule has 25 heavy (non-hydrogen) atoms. The Morgan fingerprint density at radius 1 is 1.12 bits per heavy atom. The molecule has 2 aromatic carbocycles. The summed E-state index contributed by atoms with van der Waals surface area (Å²) in [6, 6.07) is 14.7. The molecule has 1 saturated heterocycles. The fraction of sp³-hybridized carbons (Fsp3) is 0.300. The van der Waals surface area contributed by atoms with Crippen LogP contribution in [0, 0.1) is 6.92 Å². The lowest BCUT2D eigenvalue weighted by Gasteiger charge is -2.17. The van der Waals surface area contributed by atoms with Gasteiger partial charge in [0, 0.05) is 17.9 Å². The van der Waals surface area contributed by atoms with Gasteiger partial charge in [-0.25, -0.2) is 4.79 Å². The Morgan fingerprint density at radius 2 is 1.80 bits per heavy atom. The molecular formula is C20H23N3O2. The molecule has 0 spiro atoms. The third-order valence-electron chi connectivity index (χ3n) is 4.48.